The number of methoxy groups -OCH3 is 1. The van der Waals surface area contributed by atoms with Crippen LogP contribution in [0.1, 0.15) is 18.4 Å². The third-order valence-electron chi connectivity index (χ3n) is 2.38. The highest BCUT2D eigenvalue weighted by molar-refractivity contribution is 5.76. The van der Waals surface area contributed by atoms with Gasteiger partial charge >= 0.3 is 0 Å². The average molecular weight is 236 g/mol. The quantitative estimate of drug-likeness (QED) is 0.412. The maximum atomic E-state index is 7.08. The van der Waals surface area contributed by atoms with E-state index in [0.29, 0.717) is 13.0 Å². The van der Waals surface area contributed by atoms with Crippen LogP contribution in [0.5, 0.6) is 5.75 Å². The van der Waals surface area contributed by atoms with Crippen molar-refractivity contribution in [1.82, 2.24) is 0 Å². The van der Waals surface area contributed by atoms with Crippen LogP contribution in [0.25, 0.3) is 0 Å². The van der Waals surface area contributed by atoms with Crippen molar-refractivity contribution >= 4 is 5.84 Å². The Kier molecular flexibility index (Phi) is 6.10. The Labute approximate surface area is 102 Å². The van der Waals surface area contributed by atoms with Crippen molar-refractivity contribution in [2.45, 2.75) is 19.3 Å². The van der Waals surface area contributed by atoms with Crippen LogP contribution in [0.4, 0.5) is 0 Å². The second kappa shape index (κ2) is 7.68. The van der Waals surface area contributed by atoms with Crippen molar-refractivity contribution in [3.8, 4) is 5.75 Å². The molecule has 0 amide bonds. The van der Waals surface area contributed by atoms with Crippen LogP contribution in [-0.2, 0) is 11.2 Å². The minimum atomic E-state index is 0.212. The molecule has 1 rings (SSSR count). The number of benzene rings is 1. The highest BCUT2D eigenvalue weighted by Crippen LogP contribution is 2.13. The van der Waals surface area contributed by atoms with Crippen molar-refractivity contribution in [1.29, 1.82) is 5.41 Å². The SMILES string of the molecule is COCCc1ccc(OCCCC(=N)N)cc1. The first-order valence-corrected chi connectivity index (χ1v) is 5.76. The lowest BCUT2D eigenvalue weighted by Gasteiger charge is -2.06. The van der Waals surface area contributed by atoms with Crippen LogP contribution < -0.4 is 10.5 Å². The Balaban J connectivity index is 2.27. The highest BCUT2D eigenvalue weighted by atomic mass is 16.5. The smallest absolute Gasteiger partial charge is 0.119 e. The fraction of sp³-hybridized carbons (Fsp3) is 0.462. The molecule has 0 spiro atoms. The van der Waals surface area contributed by atoms with Gasteiger partial charge in [-0.15, -0.1) is 0 Å². The largest absolute Gasteiger partial charge is 0.494 e. The first-order chi connectivity index (χ1) is 8.22. The third kappa shape index (κ3) is 5.92. The Morgan fingerprint density at radius 2 is 1.94 bits per heavy atom. The summed E-state index contributed by atoms with van der Waals surface area (Å²) in [4.78, 5) is 0. The van der Waals surface area contributed by atoms with Gasteiger partial charge in [0.1, 0.15) is 5.75 Å². The molecular formula is C13H20N2O2. The first-order valence-electron chi connectivity index (χ1n) is 5.76. The van der Waals surface area contributed by atoms with Crippen molar-refractivity contribution < 1.29 is 9.47 Å². The maximum absolute atomic E-state index is 7.08. The molecule has 0 aliphatic heterocycles. The summed E-state index contributed by atoms with van der Waals surface area (Å²) in [6.07, 6.45) is 2.29. The van der Waals surface area contributed by atoms with Gasteiger partial charge in [0.15, 0.2) is 0 Å². The molecule has 94 valence electrons. The van der Waals surface area contributed by atoms with Crippen LogP contribution >= 0.6 is 0 Å². The van der Waals surface area contributed by atoms with Gasteiger partial charge in [-0.2, -0.15) is 0 Å². The summed E-state index contributed by atoms with van der Waals surface area (Å²) >= 11 is 0. The molecular weight excluding hydrogens is 216 g/mol. The first kappa shape index (κ1) is 13.5. The number of ether oxygens (including phenoxy) is 2. The maximum Gasteiger partial charge on any atom is 0.119 e. The van der Waals surface area contributed by atoms with Gasteiger partial charge in [-0.05, 0) is 30.5 Å². The highest BCUT2D eigenvalue weighted by Gasteiger charge is 1.96. The Hall–Kier alpha value is -1.55. The van der Waals surface area contributed by atoms with Crippen molar-refractivity contribution in [2.75, 3.05) is 20.3 Å². The zero-order valence-corrected chi connectivity index (χ0v) is 10.2. The molecule has 0 bridgehead atoms. The minimum absolute atomic E-state index is 0.212. The number of hydrogen-bond donors (Lipinski definition) is 2. The molecule has 0 aliphatic carbocycles. The van der Waals surface area contributed by atoms with E-state index >= 15 is 0 Å². The second-order valence-electron chi connectivity index (χ2n) is 3.86. The molecule has 0 saturated carbocycles. The Morgan fingerprint density at radius 3 is 2.53 bits per heavy atom. The van der Waals surface area contributed by atoms with Gasteiger partial charge in [0, 0.05) is 13.5 Å². The van der Waals surface area contributed by atoms with Crippen LogP contribution in [0.3, 0.4) is 0 Å². The van der Waals surface area contributed by atoms with Crippen LogP contribution in [0.15, 0.2) is 24.3 Å². The molecule has 17 heavy (non-hydrogen) atoms. The van der Waals surface area contributed by atoms with E-state index in [1.165, 1.54) is 5.56 Å². The lowest BCUT2D eigenvalue weighted by atomic mass is 10.1. The van der Waals surface area contributed by atoms with Gasteiger partial charge in [-0.1, -0.05) is 12.1 Å². The van der Waals surface area contributed by atoms with Gasteiger partial charge < -0.3 is 15.2 Å². The lowest BCUT2D eigenvalue weighted by molar-refractivity contribution is 0.202. The summed E-state index contributed by atoms with van der Waals surface area (Å²) in [7, 11) is 1.70. The van der Waals surface area contributed by atoms with E-state index in [2.05, 4.69) is 0 Å². The summed E-state index contributed by atoms with van der Waals surface area (Å²) in [5.41, 5.74) is 6.49. The van der Waals surface area contributed by atoms with Gasteiger partial charge in [0.05, 0.1) is 19.0 Å². The summed E-state index contributed by atoms with van der Waals surface area (Å²) < 4.78 is 10.5. The number of nitrogens with one attached hydrogen (secondary N) is 1. The monoisotopic (exact) mass is 236 g/mol. The molecule has 0 unspecified atom stereocenters. The topological polar surface area (TPSA) is 68.3 Å². The molecule has 0 saturated heterocycles. The van der Waals surface area contributed by atoms with Gasteiger partial charge in [-0.25, -0.2) is 0 Å². The number of rotatable bonds is 8. The van der Waals surface area contributed by atoms with Gasteiger partial charge in [0.2, 0.25) is 0 Å². The van der Waals surface area contributed by atoms with E-state index in [-0.39, 0.29) is 5.84 Å². The van der Waals surface area contributed by atoms with Crippen LogP contribution in [0.2, 0.25) is 0 Å². The van der Waals surface area contributed by atoms with Crippen molar-refractivity contribution in [2.24, 2.45) is 5.73 Å². The molecule has 0 heterocycles. The number of amidine groups is 1. The van der Waals surface area contributed by atoms with E-state index in [4.69, 9.17) is 20.6 Å². The second-order valence-corrected chi connectivity index (χ2v) is 3.86. The zero-order chi connectivity index (χ0) is 12.5. The summed E-state index contributed by atoms with van der Waals surface area (Å²) in [5.74, 6) is 1.07. The Bertz CT molecular complexity index is 336. The molecule has 1 aromatic carbocycles. The van der Waals surface area contributed by atoms with Gasteiger partial charge in [0.25, 0.3) is 0 Å². The molecule has 4 nitrogen and oxygen atoms in total. The van der Waals surface area contributed by atoms with Crippen LogP contribution in [-0.4, -0.2) is 26.2 Å². The van der Waals surface area contributed by atoms with Crippen LogP contribution in [0, 0.1) is 5.41 Å². The molecule has 0 atom stereocenters. The molecule has 0 fully saturated rings. The molecule has 4 heteroatoms. The normalized spacial score (nSPS) is 10.2. The fourth-order valence-corrected chi connectivity index (χ4v) is 1.42. The molecule has 1 aromatic rings. The van der Waals surface area contributed by atoms with Crippen molar-refractivity contribution in [3.63, 3.8) is 0 Å². The fourth-order valence-electron chi connectivity index (χ4n) is 1.42. The van der Waals surface area contributed by atoms with E-state index < -0.39 is 0 Å². The predicted molar refractivity (Wildman–Crippen MR) is 68.7 cm³/mol. The van der Waals surface area contributed by atoms with Gasteiger partial charge in [-0.3, -0.25) is 5.41 Å². The third-order valence-corrected chi connectivity index (χ3v) is 2.38. The summed E-state index contributed by atoms with van der Waals surface area (Å²) in [6, 6.07) is 8.00. The summed E-state index contributed by atoms with van der Waals surface area (Å²) in [6.45, 7) is 1.33. The lowest BCUT2D eigenvalue weighted by Crippen LogP contribution is -2.10. The van der Waals surface area contributed by atoms with E-state index in [9.17, 15) is 0 Å². The molecule has 0 radical (unpaired) electrons. The molecule has 3 N–H and O–H groups in total. The Morgan fingerprint density at radius 1 is 1.24 bits per heavy atom. The van der Waals surface area contributed by atoms with Crippen molar-refractivity contribution in [3.05, 3.63) is 29.8 Å². The summed E-state index contributed by atoms with van der Waals surface area (Å²) in [5, 5.41) is 7.08. The molecule has 0 aromatic heterocycles. The number of nitrogens with two attached hydrogens (primary N) is 1. The zero-order valence-electron chi connectivity index (χ0n) is 10.2. The van der Waals surface area contributed by atoms with E-state index in [0.717, 1.165) is 25.2 Å². The van der Waals surface area contributed by atoms with E-state index in [1.54, 1.807) is 7.11 Å². The standard InChI is InChI=1S/C13H20N2O2/c1-16-10-8-11-4-6-12(7-5-11)17-9-2-3-13(14)15/h4-7H,2-3,8-10H2,1H3,(H3,14,15). The molecule has 0 aliphatic rings. The predicted octanol–water partition coefficient (Wildman–Crippen LogP) is 1.97. The number of hydrogen-bond acceptors (Lipinski definition) is 3. The van der Waals surface area contributed by atoms with E-state index in [1.807, 2.05) is 24.3 Å². The average Bonchev–Trinajstić information content (AvgIpc) is 2.33. The minimum Gasteiger partial charge on any atom is -0.494 e.